The minimum Gasteiger partial charge on any atom is -0.493 e. The Morgan fingerprint density at radius 1 is 1.15 bits per heavy atom. The summed E-state index contributed by atoms with van der Waals surface area (Å²) in [6, 6.07) is 7.25. The van der Waals surface area contributed by atoms with E-state index in [1.165, 1.54) is 37.8 Å². The van der Waals surface area contributed by atoms with E-state index in [0.717, 1.165) is 0 Å². The molecule has 0 amide bonds. The molecule has 136 valence electrons. The van der Waals surface area contributed by atoms with Crippen LogP contribution in [-0.2, 0) is 0 Å². The van der Waals surface area contributed by atoms with E-state index in [1.54, 1.807) is 19.2 Å². The van der Waals surface area contributed by atoms with Gasteiger partial charge in [0.15, 0.2) is 17.3 Å². The van der Waals surface area contributed by atoms with E-state index in [2.05, 4.69) is 15.2 Å². The van der Waals surface area contributed by atoms with Crippen LogP contribution in [0, 0.1) is 5.82 Å². The van der Waals surface area contributed by atoms with Crippen molar-refractivity contribution in [3.05, 3.63) is 58.2 Å². The largest absolute Gasteiger partial charge is 0.493 e. The second kappa shape index (κ2) is 6.56. The number of hydrogen-bond donors (Lipinski definition) is 1. The summed E-state index contributed by atoms with van der Waals surface area (Å²) in [7, 11) is 3.08. The minimum absolute atomic E-state index is 0.180. The fraction of sp³-hybridized carbons (Fsp3) is 0.105. The number of fused-ring (bicyclic) bond motifs is 2. The second-order valence-electron chi connectivity index (χ2n) is 5.72. The first-order valence-electron chi connectivity index (χ1n) is 7.96. The van der Waals surface area contributed by atoms with Crippen molar-refractivity contribution in [2.45, 2.75) is 0 Å². The molecule has 2 aromatic heterocycles. The first-order valence-corrected chi connectivity index (χ1v) is 7.96. The molecule has 0 saturated heterocycles. The van der Waals surface area contributed by atoms with E-state index < -0.39 is 5.82 Å². The Labute approximate surface area is 152 Å². The van der Waals surface area contributed by atoms with Crippen LogP contribution in [0.3, 0.4) is 0 Å². The summed E-state index contributed by atoms with van der Waals surface area (Å²) in [5, 5.41) is 7.99. The fourth-order valence-corrected chi connectivity index (χ4v) is 2.77. The molecule has 0 aliphatic rings. The van der Waals surface area contributed by atoms with Crippen molar-refractivity contribution in [2.24, 2.45) is 4.99 Å². The van der Waals surface area contributed by atoms with Gasteiger partial charge in [0.25, 0.3) is 0 Å². The lowest BCUT2D eigenvalue weighted by Gasteiger charge is -2.06. The monoisotopic (exact) mass is 367 g/mol. The van der Waals surface area contributed by atoms with Gasteiger partial charge in [0.2, 0.25) is 5.43 Å². The summed E-state index contributed by atoms with van der Waals surface area (Å²) in [6.07, 6.45) is 2.60. The molecule has 0 bridgehead atoms. The van der Waals surface area contributed by atoms with Crippen LogP contribution >= 0.6 is 0 Å². The van der Waals surface area contributed by atoms with Crippen molar-refractivity contribution < 1.29 is 18.3 Å². The average Bonchev–Trinajstić information content (AvgIpc) is 3.08. The lowest BCUT2D eigenvalue weighted by atomic mass is 10.2. The summed E-state index contributed by atoms with van der Waals surface area (Å²) >= 11 is 0. The molecule has 8 heteroatoms. The van der Waals surface area contributed by atoms with E-state index in [4.69, 9.17) is 13.9 Å². The average molecular weight is 367 g/mol. The topological polar surface area (TPSA) is 89.7 Å². The molecule has 1 N–H and O–H groups in total. The predicted octanol–water partition coefficient (Wildman–Crippen LogP) is 3.58. The van der Waals surface area contributed by atoms with Gasteiger partial charge in [0.1, 0.15) is 17.7 Å². The maximum absolute atomic E-state index is 13.2. The van der Waals surface area contributed by atoms with Crippen LogP contribution < -0.4 is 14.9 Å². The molecule has 0 saturated carbocycles. The van der Waals surface area contributed by atoms with Gasteiger partial charge < -0.3 is 13.9 Å². The highest BCUT2D eigenvalue weighted by Crippen LogP contribution is 2.34. The lowest BCUT2D eigenvalue weighted by Crippen LogP contribution is -2.07. The van der Waals surface area contributed by atoms with Gasteiger partial charge in [0.05, 0.1) is 30.7 Å². The second-order valence-corrected chi connectivity index (χ2v) is 5.72. The van der Waals surface area contributed by atoms with E-state index in [1.807, 2.05) is 0 Å². The number of hydrogen-bond acceptors (Lipinski definition) is 6. The molecule has 0 aliphatic carbocycles. The number of methoxy groups -OCH3 is 2. The third kappa shape index (κ3) is 2.91. The Hall–Kier alpha value is -3.68. The number of ether oxygens (including phenoxy) is 2. The SMILES string of the molecule is COc1cc2[nH]nc(N=Cc3coc4cc(F)ccc4c3=O)c2cc1OC. The molecule has 4 aromatic rings. The van der Waals surface area contributed by atoms with Crippen molar-refractivity contribution in [1.29, 1.82) is 0 Å². The molecule has 0 atom stereocenters. The number of benzene rings is 2. The van der Waals surface area contributed by atoms with Gasteiger partial charge in [-0.05, 0) is 18.2 Å². The molecule has 4 rings (SSSR count). The Bertz CT molecular complexity index is 1240. The van der Waals surface area contributed by atoms with Gasteiger partial charge in [-0.3, -0.25) is 9.89 Å². The van der Waals surface area contributed by atoms with Crippen LogP contribution in [0.25, 0.3) is 21.9 Å². The lowest BCUT2D eigenvalue weighted by molar-refractivity contribution is 0.356. The van der Waals surface area contributed by atoms with Gasteiger partial charge in [-0.1, -0.05) is 0 Å². The Balaban J connectivity index is 1.77. The van der Waals surface area contributed by atoms with Crippen molar-refractivity contribution in [2.75, 3.05) is 14.2 Å². The third-order valence-corrected chi connectivity index (χ3v) is 4.14. The Kier molecular flexibility index (Phi) is 4.08. The molecule has 0 radical (unpaired) electrons. The highest BCUT2D eigenvalue weighted by molar-refractivity contribution is 5.94. The highest BCUT2D eigenvalue weighted by atomic mass is 19.1. The number of H-pyrrole nitrogens is 1. The summed E-state index contributed by atoms with van der Waals surface area (Å²) in [5.41, 5.74) is 0.810. The molecule has 2 heterocycles. The van der Waals surface area contributed by atoms with Crippen LogP contribution in [0.2, 0.25) is 0 Å². The summed E-state index contributed by atoms with van der Waals surface area (Å²) in [6.45, 7) is 0. The quantitative estimate of drug-likeness (QED) is 0.557. The molecule has 2 aromatic carbocycles. The maximum atomic E-state index is 13.2. The predicted molar refractivity (Wildman–Crippen MR) is 98.9 cm³/mol. The number of nitrogens with one attached hydrogen (secondary N) is 1. The van der Waals surface area contributed by atoms with Crippen LogP contribution in [0.5, 0.6) is 11.5 Å². The molecular formula is C19H14FN3O4. The standard InChI is InChI=1S/C19H14FN3O4/c1-25-16-6-13-14(7-17(16)26-2)22-23-19(13)21-8-10-9-27-15-5-11(20)3-4-12(15)18(10)24/h3-9H,1-2H3,(H,22,23). The number of halogens is 1. The first kappa shape index (κ1) is 16.8. The van der Waals surface area contributed by atoms with Gasteiger partial charge in [-0.2, -0.15) is 5.10 Å². The van der Waals surface area contributed by atoms with Crippen molar-refractivity contribution in [3.8, 4) is 11.5 Å². The zero-order valence-corrected chi connectivity index (χ0v) is 14.4. The molecule has 7 nitrogen and oxygen atoms in total. The number of aromatic amines is 1. The highest BCUT2D eigenvalue weighted by Gasteiger charge is 2.12. The van der Waals surface area contributed by atoms with Crippen LogP contribution in [-0.4, -0.2) is 30.6 Å². The van der Waals surface area contributed by atoms with E-state index in [0.29, 0.717) is 28.2 Å². The molecule has 0 fully saturated rings. The third-order valence-electron chi connectivity index (χ3n) is 4.14. The summed E-state index contributed by atoms with van der Waals surface area (Å²) in [4.78, 5) is 16.8. The fourth-order valence-electron chi connectivity index (χ4n) is 2.77. The minimum atomic E-state index is -0.473. The van der Waals surface area contributed by atoms with E-state index in [9.17, 15) is 9.18 Å². The molecule has 0 spiro atoms. The van der Waals surface area contributed by atoms with Crippen molar-refractivity contribution >= 4 is 33.9 Å². The molecule has 0 aliphatic heterocycles. The van der Waals surface area contributed by atoms with Crippen LogP contribution in [0.1, 0.15) is 5.56 Å². The number of rotatable bonds is 4. The normalized spacial score (nSPS) is 11.5. The van der Waals surface area contributed by atoms with Gasteiger partial charge in [-0.25, -0.2) is 9.38 Å². The number of aromatic nitrogens is 2. The number of nitrogens with zero attached hydrogens (tertiary/aromatic N) is 2. The van der Waals surface area contributed by atoms with Crippen LogP contribution in [0.4, 0.5) is 10.2 Å². The first-order chi connectivity index (χ1) is 13.1. The van der Waals surface area contributed by atoms with E-state index in [-0.39, 0.29) is 22.0 Å². The molecule has 0 unspecified atom stereocenters. The number of aliphatic imine (C=N–C) groups is 1. The zero-order chi connectivity index (χ0) is 19.0. The van der Waals surface area contributed by atoms with Gasteiger partial charge in [-0.15, -0.1) is 0 Å². The zero-order valence-electron chi connectivity index (χ0n) is 14.4. The van der Waals surface area contributed by atoms with Crippen molar-refractivity contribution in [1.82, 2.24) is 10.2 Å². The van der Waals surface area contributed by atoms with Crippen LogP contribution in [0.15, 0.2) is 50.8 Å². The van der Waals surface area contributed by atoms with Crippen molar-refractivity contribution in [3.63, 3.8) is 0 Å². The maximum Gasteiger partial charge on any atom is 0.201 e. The van der Waals surface area contributed by atoms with Gasteiger partial charge >= 0.3 is 0 Å². The summed E-state index contributed by atoms with van der Waals surface area (Å²) in [5.74, 6) is 1.01. The Morgan fingerprint density at radius 2 is 1.93 bits per heavy atom. The molecule has 27 heavy (non-hydrogen) atoms. The molecular weight excluding hydrogens is 353 g/mol. The van der Waals surface area contributed by atoms with Gasteiger partial charge in [0, 0.05) is 23.7 Å². The smallest absolute Gasteiger partial charge is 0.201 e. The Morgan fingerprint density at radius 3 is 2.70 bits per heavy atom. The summed E-state index contributed by atoms with van der Waals surface area (Å²) < 4.78 is 29.1. The van der Waals surface area contributed by atoms with E-state index >= 15 is 0 Å².